The van der Waals surface area contributed by atoms with Crippen molar-refractivity contribution in [3.63, 3.8) is 0 Å². The Morgan fingerprint density at radius 3 is 2.86 bits per heavy atom. The Balaban J connectivity index is 1.45. The van der Waals surface area contributed by atoms with Gasteiger partial charge in [0.15, 0.2) is 11.5 Å². The van der Waals surface area contributed by atoms with E-state index < -0.39 is 0 Å². The molecular formula is C17H22N4O. The molecule has 3 rings (SSSR count). The van der Waals surface area contributed by atoms with Crippen LogP contribution < -0.4 is 5.32 Å². The fraction of sp³-hybridized carbons (Fsp3) is 0.412. The molecule has 1 N–H and O–H groups in total. The first kappa shape index (κ1) is 14.8. The first-order valence-electron chi connectivity index (χ1n) is 7.81. The monoisotopic (exact) mass is 298 g/mol. The zero-order chi connectivity index (χ0) is 15.4. The van der Waals surface area contributed by atoms with E-state index in [1.54, 1.807) is 0 Å². The largest absolute Gasteiger partial charge is 0.441 e. The predicted molar refractivity (Wildman–Crippen MR) is 86.7 cm³/mol. The maximum Gasteiger partial charge on any atom is 0.195 e. The highest BCUT2D eigenvalue weighted by Gasteiger charge is 2.13. The lowest BCUT2D eigenvalue weighted by molar-refractivity contribution is 0.363. The van der Waals surface area contributed by atoms with E-state index in [-0.39, 0.29) is 0 Å². The van der Waals surface area contributed by atoms with Crippen molar-refractivity contribution >= 4 is 11.1 Å². The van der Waals surface area contributed by atoms with Gasteiger partial charge in [0.2, 0.25) is 0 Å². The lowest BCUT2D eigenvalue weighted by Crippen LogP contribution is -2.34. The van der Waals surface area contributed by atoms with Crippen molar-refractivity contribution in [2.24, 2.45) is 0 Å². The maximum atomic E-state index is 5.73. The van der Waals surface area contributed by atoms with Crippen molar-refractivity contribution in [2.75, 3.05) is 6.54 Å². The SMILES string of the molecule is C[C@H](NCCCc1nc2ccccc2o1)[C@@H](C)n1cccn1. The zero-order valence-corrected chi connectivity index (χ0v) is 13.1. The first-order valence-corrected chi connectivity index (χ1v) is 7.81. The molecule has 0 aliphatic rings. The quantitative estimate of drug-likeness (QED) is 0.681. The summed E-state index contributed by atoms with van der Waals surface area (Å²) >= 11 is 0. The summed E-state index contributed by atoms with van der Waals surface area (Å²) in [6.07, 6.45) is 5.67. The van der Waals surface area contributed by atoms with Crippen molar-refractivity contribution < 1.29 is 4.42 Å². The van der Waals surface area contributed by atoms with Gasteiger partial charge in [-0.05, 0) is 45.0 Å². The molecule has 0 radical (unpaired) electrons. The van der Waals surface area contributed by atoms with Crippen molar-refractivity contribution in [1.29, 1.82) is 0 Å². The summed E-state index contributed by atoms with van der Waals surface area (Å²) in [5.74, 6) is 0.816. The average molecular weight is 298 g/mol. The molecule has 2 atom stereocenters. The summed E-state index contributed by atoms with van der Waals surface area (Å²) in [5, 5.41) is 7.83. The lowest BCUT2D eigenvalue weighted by Gasteiger charge is -2.21. The number of nitrogens with one attached hydrogen (secondary N) is 1. The second-order valence-electron chi connectivity index (χ2n) is 5.65. The Bertz CT molecular complexity index is 671. The van der Waals surface area contributed by atoms with E-state index in [1.807, 2.05) is 47.4 Å². The number of para-hydroxylation sites is 2. The van der Waals surface area contributed by atoms with E-state index in [0.717, 1.165) is 36.4 Å². The molecule has 22 heavy (non-hydrogen) atoms. The van der Waals surface area contributed by atoms with Gasteiger partial charge in [0.05, 0.1) is 6.04 Å². The molecule has 116 valence electrons. The second kappa shape index (κ2) is 6.75. The maximum absolute atomic E-state index is 5.73. The molecule has 1 aromatic carbocycles. The topological polar surface area (TPSA) is 55.9 Å². The number of fused-ring (bicyclic) bond motifs is 1. The van der Waals surface area contributed by atoms with Crippen molar-refractivity contribution in [3.8, 4) is 0 Å². The van der Waals surface area contributed by atoms with Crippen LogP contribution in [-0.2, 0) is 6.42 Å². The van der Waals surface area contributed by atoms with Crippen LogP contribution in [-0.4, -0.2) is 27.4 Å². The molecule has 5 nitrogen and oxygen atoms in total. The number of rotatable bonds is 7. The van der Waals surface area contributed by atoms with Crippen LogP contribution in [0.5, 0.6) is 0 Å². The van der Waals surface area contributed by atoms with Crippen LogP contribution in [0, 0.1) is 0 Å². The number of aryl methyl sites for hydroxylation is 1. The molecule has 0 aliphatic carbocycles. The van der Waals surface area contributed by atoms with Gasteiger partial charge in [-0.2, -0.15) is 5.10 Å². The van der Waals surface area contributed by atoms with E-state index in [4.69, 9.17) is 4.42 Å². The van der Waals surface area contributed by atoms with E-state index in [1.165, 1.54) is 0 Å². The van der Waals surface area contributed by atoms with E-state index in [2.05, 4.69) is 29.2 Å². The molecule has 0 amide bonds. The van der Waals surface area contributed by atoms with Gasteiger partial charge in [-0.25, -0.2) is 4.98 Å². The number of hydrogen-bond acceptors (Lipinski definition) is 4. The van der Waals surface area contributed by atoms with Crippen LogP contribution in [0.25, 0.3) is 11.1 Å². The molecule has 0 spiro atoms. The van der Waals surface area contributed by atoms with Gasteiger partial charge in [0.25, 0.3) is 0 Å². The summed E-state index contributed by atoms with van der Waals surface area (Å²) < 4.78 is 7.71. The Morgan fingerprint density at radius 1 is 1.23 bits per heavy atom. The third-order valence-electron chi connectivity index (χ3n) is 4.04. The number of oxazole rings is 1. The standard InChI is InChI=1S/C17H22N4O/c1-13(14(2)21-12-6-11-19-21)18-10-5-9-17-20-15-7-3-4-8-16(15)22-17/h3-4,6-8,11-14,18H,5,9-10H2,1-2H3/t13-,14+/m0/s1. The molecule has 0 saturated heterocycles. The van der Waals surface area contributed by atoms with Crippen molar-refractivity contribution in [3.05, 3.63) is 48.6 Å². The van der Waals surface area contributed by atoms with E-state index >= 15 is 0 Å². The summed E-state index contributed by atoms with van der Waals surface area (Å²) in [6, 6.07) is 10.5. The van der Waals surface area contributed by atoms with Crippen LogP contribution in [0.4, 0.5) is 0 Å². The molecule has 3 aromatic rings. The normalized spacial score (nSPS) is 14.3. The van der Waals surface area contributed by atoms with Crippen molar-refractivity contribution in [2.45, 2.75) is 38.8 Å². The third-order valence-corrected chi connectivity index (χ3v) is 4.04. The van der Waals surface area contributed by atoms with Gasteiger partial charge in [-0.1, -0.05) is 12.1 Å². The Hall–Kier alpha value is -2.14. The number of hydrogen-bond donors (Lipinski definition) is 1. The number of nitrogens with zero attached hydrogens (tertiary/aromatic N) is 3. The average Bonchev–Trinajstić information content (AvgIpc) is 3.19. The molecular weight excluding hydrogens is 276 g/mol. The second-order valence-corrected chi connectivity index (χ2v) is 5.65. The highest BCUT2D eigenvalue weighted by atomic mass is 16.3. The molecule has 2 heterocycles. The molecule has 2 aromatic heterocycles. The predicted octanol–water partition coefficient (Wildman–Crippen LogP) is 3.20. The van der Waals surface area contributed by atoms with Gasteiger partial charge in [-0.15, -0.1) is 0 Å². The smallest absolute Gasteiger partial charge is 0.195 e. The number of aromatic nitrogens is 3. The molecule has 0 fully saturated rings. The highest BCUT2D eigenvalue weighted by Crippen LogP contribution is 2.15. The molecule has 0 bridgehead atoms. The molecule has 0 unspecified atom stereocenters. The fourth-order valence-electron chi connectivity index (χ4n) is 2.52. The van der Waals surface area contributed by atoms with Gasteiger partial charge in [-0.3, -0.25) is 4.68 Å². The summed E-state index contributed by atoms with van der Waals surface area (Å²) in [4.78, 5) is 4.50. The van der Waals surface area contributed by atoms with E-state index in [9.17, 15) is 0 Å². The van der Waals surface area contributed by atoms with Crippen LogP contribution in [0.1, 0.15) is 32.2 Å². The van der Waals surface area contributed by atoms with Crippen LogP contribution in [0.2, 0.25) is 0 Å². The minimum Gasteiger partial charge on any atom is -0.441 e. The van der Waals surface area contributed by atoms with Gasteiger partial charge < -0.3 is 9.73 Å². The first-order chi connectivity index (χ1) is 10.7. The Morgan fingerprint density at radius 2 is 2.09 bits per heavy atom. The Kier molecular flexibility index (Phi) is 4.53. The van der Waals surface area contributed by atoms with Gasteiger partial charge >= 0.3 is 0 Å². The van der Waals surface area contributed by atoms with Crippen molar-refractivity contribution in [1.82, 2.24) is 20.1 Å². The number of benzene rings is 1. The summed E-state index contributed by atoms with van der Waals surface area (Å²) in [5.41, 5.74) is 1.80. The third kappa shape index (κ3) is 3.36. The molecule has 5 heteroatoms. The lowest BCUT2D eigenvalue weighted by atomic mass is 10.1. The minimum atomic E-state index is 0.333. The minimum absolute atomic E-state index is 0.333. The van der Waals surface area contributed by atoms with Crippen LogP contribution in [0.3, 0.4) is 0 Å². The van der Waals surface area contributed by atoms with E-state index in [0.29, 0.717) is 12.1 Å². The molecule has 0 aliphatic heterocycles. The highest BCUT2D eigenvalue weighted by molar-refractivity contribution is 5.72. The zero-order valence-electron chi connectivity index (χ0n) is 13.1. The Labute approximate surface area is 130 Å². The fourth-order valence-corrected chi connectivity index (χ4v) is 2.52. The summed E-state index contributed by atoms with van der Waals surface area (Å²) in [7, 11) is 0. The van der Waals surface area contributed by atoms with Gasteiger partial charge in [0.1, 0.15) is 5.52 Å². The van der Waals surface area contributed by atoms with Crippen LogP contribution in [0.15, 0.2) is 47.1 Å². The van der Waals surface area contributed by atoms with Crippen LogP contribution >= 0.6 is 0 Å². The van der Waals surface area contributed by atoms with Gasteiger partial charge in [0, 0.05) is 24.9 Å². The molecule has 0 saturated carbocycles. The summed E-state index contributed by atoms with van der Waals surface area (Å²) in [6.45, 7) is 5.29.